The van der Waals surface area contributed by atoms with E-state index in [9.17, 15) is 9.18 Å². The first-order valence-electron chi connectivity index (χ1n) is 6.08. The molecule has 0 saturated carbocycles. The van der Waals surface area contributed by atoms with Crippen molar-refractivity contribution in [2.24, 2.45) is 0 Å². The predicted octanol–water partition coefficient (Wildman–Crippen LogP) is 2.34. The third kappa shape index (κ3) is 3.65. The number of H-pyrrole nitrogens is 1. The molecule has 7 nitrogen and oxygen atoms in total. The molecule has 0 bridgehead atoms. The highest BCUT2D eigenvalue weighted by atomic mass is 32.2. The van der Waals surface area contributed by atoms with Gasteiger partial charge >= 0.3 is 0 Å². The van der Waals surface area contributed by atoms with E-state index >= 15 is 0 Å². The Morgan fingerprint density at radius 1 is 1.32 bits per heavy atom. The minimum atomic E-state index is -0.375. The number of hydrogen-bond acceptors (Lipinski definition) is 7. The third-order valence-corrected chi connectivity index (χ3v) is 4.48. The number of benzene rings is 1. The number of aromatic amines is 1. The van der Waals surface area contributed by atoms with E-state index in [2.05, 4.69) is 30.7 Å². The van der Waals surface area contributed by atoms with Crippen molar-refractivity contribution in [3.63, 3.8) is 0 Å². The quantitative estimate of drug-likeness (QED) is 0.694. The number of carbonyl (C=O) groups is 1. The van der Waals surface area contributed by atoms with Crippen molar-refractivity contribution < 1.29 is 9.18 Å². The Bertz CT molecular complexity index is 758. The van der Waals surface area contributed by atoms with Gasteiger partial charge in [0.25, 0.3) is 5.91 Å². The molecule has 0 fully saturated rings. The molecule has 0 unspecified atom stereocenters. The first-order chi connectivity index (χ1) is 10.7. The third-order valence-electron chi connectivity index (χ3n) is 2.49. The van der Waals surface area contributed by atoms with Gasteiger partial charge in [0.15, 0.2) is 5.16 Å². The maximum Gasteiger partial charge on any atom is 0.286 e. The Kier molecular flexibility index (Phi) is 4.39. The van der Waals surface area contributed by atoms with E-state index in [-0.39, 0.29) is 16.7 Å². The second-order valence-electron chi connectivity index (χ2n) is 4.04. The molecule has 3 aromatic rings. The van der Waals surface area contributed by atoms with Crippen molar-refractivity contribution in [3.8, 4) is 0 Å². The number of carbonyl (C=O) groups excluding carboxylic acids is 1. The molecule has 0 aliphatic carbocycles. The number of nitrogens with zero attached hydrogens (tertiary/aromatic N) is 4. The maximum absolute atomic E-state index is 12.8. The van der Waals surface area contributed by atoms with Crippen molar-refractivity contribution >= 4 is 34.7 Å². The van der Waals surface area contributed by atoms with E-state index in [0.29, 0.717) is 21.6 Å². The van der Waals surface area contributed by atoms with Crippen molar-refractivity contribution in [2.45, 2.75) is 10.9 Å². The summed E-state index contributed by atoms with van der Waals surface area (Å²) in [6.45, 7) is 0. The lowest BCUT2D eigenvalue weighted by atomic mass is 10.3. The fourth-order valence-corrected chi connectivity index (χ4v) is 3.01. The van der Waals surface area contributed by atoms with Gasteiger partial charge in [-0.2, -0.15) is 5.10 Å². The van der Waals surface area contributed by atoms with Crippen LogP contribution in [0, 0.1) is 5.82 Å². The molecular weight excluding hydrogens is 327 g/mol. The molecule has 3 rings (SSSR count). The minimum Gasteiger partial charge on any atom is -0.320 e. The highest BCUT2D eigenvalue weighted by Crippen LogP contribution is 2.21. The molecule has 22 heavy (non-hydrogen) atoms. The molecule has 112 valence electrons. The second-order valence-corrected chi connectivity index (χ2v) is 6.07. The van der Waals surface area contributed by atoms with Crippen LogP contribution < -0.4 is 5.32 Å². The monoisotopic (exact) mass is 336 g/mol. The summed E-state index contributed by atoms with van der Waals surface area (Å²) >= 11 is 2.61. The van der Waals surface area contributed by atoms with Crippen molar-refractivity contribution in [1.82, 2.24) is 25.4 Å². The normalized spacial score (nSPS) is 10.6. The Balaban J connectivity index is 1.60. The first-order valence-corrected chi connectivity index (χ1v) is 7.88. The molecule has 0 spiro atoms. The van der Waals surface area contributed by atoms with Crippen LogP contribution in [-0.2, 0) is 5.75 Å². The molecule has 0 radical (unpaired) electrons. The Morgan fingerprint density at radius 2 is 2.14 bits per heavy atom. The lowest BCUT2D eigenvalue weighted by molar-refractivity contribution is 0.102. The number of nitrogens with one attached hydrogen (secondary N) is 2. The Morgan fingerprint density at radius 3 is 2.86 bits per heavy atom. The van der Waals surface area contributed by atoms with Gasteiger partial charge in [-0.1, -0.05) is 23.1 Å². The lowest BCUT2D eigenvalue weighted by Gasteiger charge is -2.01. The van der Waals surface area contributed by atoms with Gasteiger partial charge in [0.1, 0.15) is 17.2 Å². The molecule has 1 amide bonds. The smallest absolute Gasteiger partial charge is 0.286 e. The molecule has 2 aromatic heterocycles. The SMILES string of the molecule is O=C(Nc1ccc(F)cc1)c1nnc(CSc2ncn[nH]2)s1. The van der Waals surface area contributed by atoms with Crippen LogP contribution >= 0.6 is 23.1 Å². The molecule has 1 aromatic carbocycles. The molecule has 0 atom stereocenters. The average Bonchev–Trinajstić information content (AvgIpc) is 3.18. The van der Waals surface area contributed by atoms with Crippen molar-refractivity contribution in [1.29, 1.82) is 0 Å². The first kappa shape index (κ1) is 14.6. The highest BCUT2D eigenvalue weighted by Gasteiger charge is 2.13. The molecule has 0 aliphatic rings. The number of aromatic nitrogens is 5. The van der Waals surface area contributed by atoms with Crippen LogP contribution in [0.25, 0.3) is 0 Å². The summed E-state index contributed by atoms with van der Waals surface area (Å²) in [5.74, 6) is -0.197. The van der Waals surface area contributed by atoms with Crippen LogP contribution in [0.4, 0.5) is 10.1 Å². The standard InChI is InChI=1S/C12H9FN6OS2/c13-7-1-3-8(4-2-7)16-10(20)11-18-17-9(22-11)5-21-12-14-6-15-19-12/h1-4,6H,5H2,(H,16,20)(H,14,15,19). The fourth-order valence-electron chi connectivity index (χ4n) is 1.52. The number of amides is 1. The van der Waals surface area contributed by atoms with Gasteiger partial charge < -0.3 is 5.32 Å². The maximum atomic E-state index is 12.8. The predicted molar refractivity (Wildman–Crippen MR) is 80.2 cm³/mol. The summed E-state index contributed by atoms with van der Waals surface area (Å²) < 4.78 is 12.8. The molecule has 2 heterocycles. The molecule has 0 saturated heterocycles. The summed E-state index contributed by atoms with van der Waals surface area (Å²) in [5, 5.41) is 18.5. The Labute approximate surface area is 132 Å². The van der Waals surface area contributed by atoms with Gasteiger partial charge in [-0.25, -0.2) is 9.37 Å². The molecular formula is C12H9FN6OS2. The Hall–Kier alpha value is -2.33. The van der Waals surface area contributed by atoms with Gasteiger partial charge in [-0.3, -0.25) is 9.89 Å². The van der Waals surface area contributed by atoms with E-state index in [1.54, 1.807) is 0 Å². The fraction of sp³-hybridized carbons (Fsp3) is 0.0833. The number of thioether (sulfide) groups is 1. The minimum absolute atomic E-state index is 0.248. The van der Waals surface area contributed by atoms with E-state index in [0.717, 1.165) is 0 Å². The summed E-state index contributed by atoms with van der Waals surface area (Å²) in [5.41, 5.74) is 0.499. The van der Waals surface area contributed by atoms with Crippen LogP contribution in [0.3, 0.4) is 0 Å². The zero-order chi connectivity index (χ0) is 15.4. The van der Waals surface area contributed by atoms with Gasteiger partial charge in [0, 0.05) is 5.69 Å². The number of halogens is 1. The van der Waals surface area contributed by atoms with Gasteiger partial charge in [0.2, 0.25) is 5.01 Å². The zero-order valence-electron chi connectivity index (χ0n) is 11.0. The van der Waals surface area contributed by atoms with Crippen LogP contribution in [0.15, 0.2) is 35.7 Å². The zero-order valence-corrected chi connectivity index (χ0v) is 12.6. The van der Waals surface area contributed by atoms with Gasteiger partial charge in [-0.15, -0.1) is 10.2 Å². The molecule has 10 heteroatoms. The topological polar surface area (TPSA) is 96.5 Å². The highest BCUT2D eigenvalue weighted by molar-refractivity contribution is 7.98. The lowest BCUT2D eigenvalue weighted by Crippen LogP contribution is -2.11. The number of rotatable bonds is 5. The summed E-state index contributed by atoms with van der Waals surface area (Å²) in [6.07, 6.45) is 1.42. The summed E-state index contributed by atoms with van der Waals surface area (Å²) in [6, 6.07) is 5.51. The van der Waals surface area contributed by atoms with Crippen LogP contribution in [0.5, 0.6) is 0 Å². The summed E-state index contributed by atoms with van der Waals surface area (Å²) in [4.78, 5) is 16.0. The van der Waals surface area contributed by atoms with E-state index in [1.165, 1.54) is 53.7 Å². The van der Waals surface area contributed by atoms with Gasteiger partial charge in [-0.05, 0) is 24.3 Å². The van der Waals surface area contributed by atoms with Crippen LogP contribution in [0.2, 0.25) is 0 Å². The summed E-state index contributed by atoms with van der Waals surface area (Å²) in [7, 11) is 0. The number of hydrogen-bond donors (Lipinski definition) is 2. The second kappa shape index (κ2) is 6.62. The van der Waals surface area contributed by atoms with E-state index in [1.807, 2.05) is 0 Å². The molecule has 2 N–H and O–H groups in total. The van der Waals surface area contributed by atoms with Crippen LogP contribution in [0.1, 0.15) is 14.8 Å². The van der Waals surface area contributed by atoms with Crippen LogP contribution in [-0.4, -0.2) is 31.3 Å². The van der Waals surface area contributed by atoms with E-state index < -0.39 is 0 Å². The van der Waals surface area contributed by atoms with Crippen molar-refractivity contribution in [3.05, 3.63) is 46.4 Å². The molecule has 0 aliphatic heterocycles. The number of anilines is 1. The van der Waals surface area contributed by atoms with Gasteiger partial charge in [0.05, 0.1) is 5.75 Å². The van der Waals surface area contributed by atoms with Crippen molar-refractivity contribution in [2.75, 3.05) is 5.32 Å². The average molecular weight is 336 g/mol. The largest absolute Gasteiger partial charge is 0.320 e. The van der Waals surface area contributed by atoms with E-state index in [4.69, 9.17) is 0 Å².